The molecule has 1 aliphatic heterocycles. The van der Waals surface area contributed by atoms with E-state index in [1.54, 1.807) is 18.2 Å². The summed E-state index contributed by atoms with van der Waals surface area (Å²) in [7, 11) is 0. The van der Waals surface area contributed by atoms with Crippen LogP contribution in [0.2, 0.25) is 5.02 Å². The number of anilines is 2. The Morgan fingerprint density at radius 2 is 2.35 bits per heavy atom. The highest BCUT2D eigenvalue weighted by Gasteiger charge is 2.20. The summed E-state index contributed by atoms with van der Waals surface area (Å²) in [6.45, 7) is 1.08. The summed E-state index contributed by atoms with van der Waals surface area (Å²) in [5.41, 5.74) is 6.66. The summed E-state index contributed by atoms with van der Waals surface area (Å²) < 4.78 is 10.2. The first-order valence-corrected chi connectivity index (χ1v) is 5.57. The summed E-state index contributed by atoms with van der Waals surface area (Å²) in [5, 5.41) is 3.16. The van der Waals surface area contributed by atoms with Gasteiger partial charge in [-0.25, -0.2) is 0 Å². The predicted molar refractivity (Wildman–Crippen MR) is 65.1 cm³/mol. The van der Waals surface area contributed by atoms with Crippen LogP contribution in [0.5, 0.6) is 0 Å². The maximum atomic E-state index is 11.5. The number of nitrogens with one attached hydrogen (secondary N) is 1. The average Bonchev–Trinajstić information content (AvgIpc) is 2.21. The summed E-state index contributed by atoms with van der Waals surface area (Å²) in [4.78, 5) is 11.5. The molecule has 2 rings (SSSR count). The lowest BCUT2D eigenvalue weighted by Crippen LogP contribution is -2.38. The Kier molecular flexibility index (Phi) is 3.83. The van der Waals surface area contributed by atoms with Gasteiger partial charge < -0.3 is 20.5 Å². The smallest absolute Gasteiger partial charge is 0.250 e. The number of hydrogen-bond donors (Lipinski definition) is 2. The predicted octanol–water partition coefficient (Wildman–Crippen LogP) is 1.28. The van der Waals surface area contributed by atoms with Gasteiger partial charge in [-0.2, -0.15) is 0 Å². The van der Waals surface area contributed by atoms with Crippen molar-refractivity contribution in [3.05, 3.63) is 23.2 Å². The third-order valence-corrected chi connectivity index (χ3v) is 2.58. The Labute approximate surface area is 104 Å². The molecule has 1 heterocycles. The SMILES string of the molecule is Nc1ccc(Cl)cc1NC(=O)COC1COC1. The van der Waals surface area contributed by atoms with E-state index in [4.69, 9.17) is 26.8 Å². The van der Waals surface area contributed by atoms with Crippen molar-refractivity contribution in [3.8, 4) is 0 Å². The maximum Gasteiger partial charge on any atom is 0.250 e. The number of hydrogen-bond acceptors (Lipinski definition) is 4. The fraction of sp³-hybridized carbons (Fsp3) is 0.364. The van der Waals surface area contributed by atoms with Gasteiger partial charge in [0.05, 0.1) is 24.6 Å². The molecule has 0 spiro atoms. The van der Waals surface area contributed by atoms with Gasteiger partial charge in [-0.1, -0.05) is 11.6 Å². The van der Waals surface area contributed by atoms with Crippen LogP contribution in [0, 0.1) is 0 Å². The van der Waals surface area contributed by atoms with Crippen LogP contribution in [-0.2, 0) is 14.3 Å². The fourth-order valence-corrected chi connectivity index (χ4v) is 1.50. The van der Waals surface area contributed by atoms with Crippen molar-refractivity contribution in [2.24, 2.45) is 0 Å². The van der Waals surface area contributed by atoms with Crippen molar-refractivity contribution in [2.45, 2.75) is 6.10 Å². The van der Waals surface area contributed by atoms with Gasteiger partial charge in [0.2, 0.25) is 5.91 Å². The molecule has 0 saturated carbocycles. The van der Waals surface area contributed by atoms with E-state index in [0.717, 1.165) is 0 Å². The Hall–Kier alpha value is -1.30. The van der Waals surface area contributed by atoms with Crippen molar-refractivity contribution < 1.29 is 14.3 Å². The molecular formula is C11H13ClN2O3. The van der Waals surface area contributed by atoms with Crippen LogP contribution in [0.1, 0.15) is 0 Å². The molecule has 0 aliphatic carbocycles. The first kappa shape index (κ1) is 12.2. The molecular weight excluding hydrogens is 244 g/mol. The van der Waals surface area contributed by atoms with E-state index in [1.807, 2.05) is 0 Å². The van der Waals surface area contributed by atoms with Gasteiger partial charge in [0.25, 0.3) is 0 Å². The molecule has 1 amide bonds. The molecule has 0 atom stereocenters. The highest BCUT2D eigenvalue weighted by molar-refractivity contribution is 6.31. The molecule has 92 valence electrons. The number of halogens is 1. The van der Waals surface area contributed by atoms with E-state index in [-0.39, 0.29) is 18.6 Å². The van der Waals surface area contributed by atoms with Crippen molar-refractivity contribution in [1.82, 2.24) is 0 Å². The number of nitrogen functional groups attached to an aromatic ring is 1. The van der Waals surface area contributed by atoms with E-state index in [2.05, 4.69) is 5.32 Å². The molecule has 1 fully saturated rings. The molecule has 6 heteroatoms. The lowest BCUT2D eigenvalue weighted by atomic mass is 10.2. The molecule has 1 aliphatic rings. The number of amides is 1. The second kappa shape index (κ2) is 5.35. The normalized spacial score (nSPS) is 15.4. The van der Waals surface area contributed by atoms with Gasteiger partial charge in [-0.05, 0) is 18.2 Å². The van der Waals surface area contributed by atoms with Crippen LogP contribution >= 0.6 is 11.6 Å². The average molecular weight is 257 g/mol. The van der Waals surface area contributed by atoms with E-state index < -0.39 is 0 Å². The third kappa shape index (κ3) is 3.33. The monoisotopic (exact) mass is 256 g/mol. The summed E-state index contributed by atoms with van der Waals surface area (Å²) >= 11 is 5.80. The highest BCUT2D eigenvalue weighted by Crippen LogP contribution is 2.22. The van der Waals surface area contributed by atoms with E-state index in [0.29, 0.717) is 29.6 Å². The van der Waals surface area contributed by atoms with E-state index in [1.165, 1.54) is 0 Å². The van der Waals surface area contributed by atoms with Gasteiger partial charge in [0.15, 0.2) is 0 Å². The van der Waals surface area contributed by atoms with Crippen molar-refractivity contribution >= 4 is 28.9 Å². The third-order valence-electron chi connectivity index (χ3n) is 2.35. The quantitative estimate of drug-likeness (QED) is 0.796. The Balaban J connectivity index is 1.86. The summed E-state index contributed by atoms with van der Waals surface area (Å²) in [6.07, 6.45) is 0.0254. The van der Waals surface area contributed by atoms with Crippen LogP contribution in [-0.4, -0.2) is 31.8 Å². The van der Waals surface area contributed by atoms with Gasteiger partial charge >= 0.3 is 0 Å². The Morgan fingerprint density at radius 3 is 3.00 bits per heavy atom. The number of ether oxygens (including phenoxy) is 2. The highest BCUT2D eigenvalue weighted by atomic mass is 35.5. The number of benzene rings is 1. The molecule has 1 aromatic rings. The first-order chi connectivity index (χ1) is 8.15. The Bertz CT molecular complexity index is 421. The number of carbonyl (C=O) groups is 1. The second-order valence-electron chi connectivity index (χ2n) is 3.75. The second-order valence-corrected chi connectivity index (χ2v) is 4.19. The number of nitrogens with two attached hydrogens (primary N) is 1. The topological polar surface area (TPSA) is 73.6 Å². The molecule has 3 N–H and O–H groups in total. The zero-order valence-corrected chi connectivity index (χ0v) is 9.87. The lowest BCUT2D eigenvalue weighted by Gasteiger charge is -2.25. The van der Waals surface area contributed by atoms with Crippen molar-refractivity contribution in [1.29, 1.82) is 0 Å². The number of carbonyl (C=O) groups excluding carboxylic acids is 1. The Morgan fingerprint density at radius 1 is 1.59 bits per heavy atom. The van der Waals surface area contributed by atoms with Gasteiger partial charge in [0.1, 0.15) is 12.7 Å². The maximum absolute atomic E-state index is 11.5. The molecule has 0 bridgehead atoms. The van der Waals surface area contributed by atoms with Crippen molar-refractivity contribution in [3.63, 3.8) is 0 Å². The molecule has 5 nitrogen and oxygen atoms in total. The van der Waals surface area contributed by atoms with E-state index >= 15 is 0 Å². The minimum absolute atomic E-state index is 0.0139. The fourth-order valence-electron chi connectivity index (χ4n) is 1.33. The molecule has 17 heavy (non-hydrogen) atoms. The number of rotatable bonds is 4. The van der Waals surface area contributed by atoms with Gasteiger partial charge in [0, 0.05) is 5.02 Å². The molecule has 0 unspecified atom stereocenters. The van der Waals surface area contributed by atoms with Crippen LogP contribution in [0.3, 0.4) is 0 Å². The minimum atomic E-state index is -0.258. The standard InChI is InChI=1S/C11H13ClN2O3/c12-7-1-2-9(13)10(3-7)14-11(15)6-17-8-4-16-5-8/h1-3,8H,4-6,13H2,(H,14,15). The van der Waals surface area contributed by atoms with Crippen LogP contribution < -0.4 is 11.1 Å². The van der Waals surface area contributed by atoms with Crippen LogP contribution in [0.25, 0.3) is 0 Å². The lowest BCUT2D eigenvalue weighted by molar-refractivity contribution is -0.144. The van der Waals surface area contributed by atoms with Crippen LogP contribution in [0.4, 0.5) is 11.4 Å². The molecule has 0 aromatic heterocycles. The van der Waals surface area contributed by atoms with Gasteiger partial charge in [-0.3, -0.25) is 4.79 Å². The van der Waals surface area contributed by atoms with Crippen LogP contribution in [0.15, 0.2) is 18.2 Å². The summed E-state index contributed by atoms with van der Waals surface area (Å²) in [6, 6.07) is 4.90. The zero-order valence-electron chi connectivity index (χ0n) is 9.11. The minimum Gasteiger partial charge on any atom is -0.397 e. The van der Waals surface area contributed by atoms with E-state index in [9.17, 15) is 4.79 Å². The molecule has 0 radical (unpaired) electrons. The largest absolute Gasteiger partial charge is 0.397 e. The molecule has 1 saturated heterocycles. The first-order valence-electron chi connectivity index (χ1n) is 5.19. The van der Waals surface area contributed by atoms with Gasteiger partial charge in [-0.15, -0.1) is 0 Å². The summed E-state index contributed by atoms with van der Waals surface area (Å²) in [5.74, 6) is -0.258. The molecule has 1 aromatic carbocycles. The van der Waals surface area contributed by atoms with Crippen molar-refractivity contribution in [2.75, 3.05) is 30.9 Å². The zero-order chi connectivity index (χ0) is 12.3.